The molecule has 3 nitrogen and oxygen atoms in total. The van der Waals surface area contributed by atoms with Gasteiger partial charge in [0.15, 0.2) is 0 Å². The monoisotopic (exact) mass is 349 g/mol. The molecule has 0 radical (unpaired) electrons. The third-order valence-electron chi connectivity index (χ3n) is 3.85. The van der Waals surface area contributed by atoms with E-state index >= 15 is 0 Å². The number of rotatable bonds is 4. The van der Waals surface area contributed by atoms with Crippen LogP contribution in [-0.2, 0) is 12.8 Å². The van der Waals surface area contributed by atoms with E-state index in [1.54, 1.807) is 18.2 Å². The molecule has 1 amide bonds. The Morgan fingerprint density at radius 3 is 2.87 bits per heavy atom. The van der Waals surface area contributed by atoms with Crippen molar-refractivity contribution in [3.8, 4) is 5.75 Å². The summed E-state index contributed by atoms with van der Waals surface area (Å²) in [7, 11) is 0. The summed E-state index contributed by atoms with van der Waals surface area (Å²) in [6, 6.07) is 11.1. The predicted octanol–water partition coefficient (Wildman–Crippen LogP) is 4.29. The average Bonchev–Trinajstić information content (AvgIpc) is 2.94. The van der Waals surface area contributed by atoms with Crippen LogP contribution in [0.3, 0.4) is 0 Å². The Labute approximate surface area is 145 Å². The van der Waals surface area contributed by atoms with Gasteiger partial charge in [0.1, 0.15) is 5.75 Å². The predicted molar refractivity (Wildman–Crippen MR) is 92.7 cm³/mol. The Kier molecular flexibility index (Phi) is 4.79. The second kappa shape index (κ2) is 6.81. The molecule has 1 unspecified atom stereocenters. The number of ether oxygens (including phenoxy) is 1. The molecule has 0 spiro atoms. The van der Waals surface area contributed by atoms with Gasteiger partial charge >= 0.3 is 0 Å². The molecular formula is C18H17Cl2NO2. The zero-order valence-corrected chi connectivity index (χ0v) is 14.2. The van der Waals surface area contributed by atoms with Crippen LogP contribution in [0.25, 0.3) is 0 Å². The van der Waals surface area contributed by atoms with E-state index in [-0.39, 0.29) is 11.9 Å². The van der Waals surface area contributed by atoms with Gasteiger partial charge in [-0.3, -0.25) is 4.79 Å². The number of benzene rings is 2. The van der Waals surface area contributed by atoms with Crippen LogP contribution in [0.4, 0.5) is 0 Å². The quantitative estimate of drug-likeness (QED) is 0.893. The zero-order chi connectivity index (χ0) is 16.4. The smallest absolute Gasteiger partial charge is 0.253 e. The van der Waals surface area contributed by atoms with Crippen molar-refractivity contribution in [2.24, 2.45) is 0 Å². The van der Waals surface area contributed by atoms with Crippen LogP contribution in [0.15, 0.2) is 36.4 Å². The number of hydrogen-bond acceptors (Lipinski definition) is 2. The molecule has 0 saturated heterocycles. The first-order valence-electron chi connectivity index (χ1n) is 7.53. The molecule has 1 N–H and O–H groups in total. The van der Waals surface area contributed by atoms with E-state index in [2.05, 4.69) is 11.4 Å². The second-order valence-electron chi connectivity index (χ2n) is 5.74. The minimum Gasteiger partial charge on any atom is -0.493 e. The van der Waals surface area contributed by atoms with Crippen molar-refractivity contribution in [2.75, 3.05) is 6.61 Å². The van der Waals surface area contributed by atoms with Crippen molar-refractivity contribution in [2.45, 2.75) is 25.8 Å². The lowest BCUT2D eigenvalue weighted by Gasteiger charge is -2.15. The van der Waals surface area contributed by atoms with Gasteiger partial charge in [0.25, 0.3) is 5.91 Å². The lowest BCUT2D eigenvalue weighted by atomic mass is 10.0. The van der Waals surface area contributed by atoms with Gasteiger partial charge in [-0.2, -0.15) is 0 Å². The van der Waals surface area contributed by atoms with Gasteiger partial charge in [0.05, 0.1) is 17.2 Å². The summed E-state index contributed by atoms with van der Waals surface area (Å²) in [6.45, 7) is 2.73. The van der Waals surface area contributed by atoms with Crippen molar-refractivity contribution in [1.82, 2.24) is 5.32 Å². The highest BCUT2D eigenvalue weighted by atomic mass is 35.5. The van der Waals surface area contributed by atoms with E-state index < -0.39 is 0 Å². The van der Waals surface area contributed by atoms with Crippen molar-refractivity contribution in [3.05, 3.63) is 63.1 Å². The highest BCUT2D eigenvalue weighted by molar-refractivity contribution is 6.36. The normalized spacial score (nSPS) is 14.0. The first-order chi connectivity index (χ1) is 11.0. The molecule has 0 fully saturated rings. The summed E-state index contributed by atoms with van der Waals surface area (Å²) in [5.74, 6) is 0.780. The maximum absolute atomic E-state index is 12.3. The first-order valence-corrected chi connectivity index (χ1v) is 8.29. The SMILES string of the molecule is CC(Cc1ccc2c(c1)CCO2)NC(=O)c1ccc(Cl)cc1Cl. The van der Waals surface area contributed by atoms with Gasteiger partial charge < -0.3 is 10.1 Å². The fraction of sp³-hybridized carbons (Fsp3) is 0.278. The second-order valence-corrected chi connectivity index (χ2v) is 6.59. The summed E-state index contributed by atoms with van der Waals surface area (Å²) in [5, 5.41) is 3.85. The maximum Gasteiger partial charge on any atom is 0.253 e. The fourth-order valence-electron chi connectivity index (χ4n) is 2.75. The molecule has 1 aliphatic rings. The molecule has 0 saturated carbocycles. The van der Waals surface area contributed by atoms with Crippen LogP contribution in [0.5, 0.6) is 5.75 Å². The zero-order valence-electron chi connectivity index (χ0n) is 12.7. The molecule has 1 aliphatic heterocycles. The van der Waals surface area contributed by atoms with Crippen LogP contribution >= 0.6 is 23.2 Å². The molecule has 120 valence electrons. The van der Waals surface area contributed by atoms with E-state index in [0.29, 0.717) is 15.6 Å². The van der Waals surface area contributed by atoms with Gasteiger partial charge in [-0.25, -0.2) is 0 Å². The van der Waals surface area contributed by atoms with Gasteiger partial charge in [-0.05, 0) is 48.7 Å². The van der Waals surface area contributed by atoms with Crippen molar-refractivity contribution in [1.29, 1.82) is 0 Å². The number of halogens is 2. The Morgan fingerprint density at radius 1 is 1.26 bits per heavy atom. The van der Waals surface area contributed by atoms with Gasteiger partial charge in [0.2, 0.25) is 0 Å². The molecule has 5 heteroatoms. The third-order valence-corrected chi connectivity index (χ3v) is 4.40. The number of hydrogen-bond donors (Lipinski definition) is 1. The Hall–Kier alpha value is -1.71. The van der Waals surface area contributed by atoms with Crippen molar-refractivity contribution >= 4 is 29.1 Å². The molecule has 0 aliphatic carbocycles. The Balaban J connectivity index is 1.64. The highest BCUT2D eigenvalue weighted by Crippen LogP contribution is 2.26. The number of carbonyl (C=O) groups is 1. The van der Waals surface area contributed by atoms with E-state index in [0.717, 1.165) is 25.2 Å². The summed E-state index contributed by atoms with van der Waals surface area (Å²) in [4.78, 5) is 12.3. The minimum absolute atomic E-state index is 0.00499. The van der Waals surface area contributed by atoms with Crippen LogP contribution in [-0.4, -0.2) is 18.6 Å². The Bertz CT molecular complexity index is 746. The summed E-state index contributed by atoms with van der Waals surface area (Å²) >= 11 is 11.9. The molecule has 3 rings (SSSR count). The molecule has 0 bridgehead atoms. The number of carbonyl (C=O) groups excluding carboxylic acids is 1. The summed E-state index contributed by atoms with van der Waals surface area (Å²) in [5.41, 5.74) is 2.86. The van der Waals surface area contributed by atoms with E-state index in [1.807, 2.05) is 19.1 Å². The van der Waals surface area contributed by atoms with Gasteiger partial charge in [-0.1, -0.05) is 35.3 Å². The molecule has 1 atom stereocenters. The number of nitrogens with one attached hydrogen (secondary N) is 1. The van der Waals surface area contributed by atoms with Gasteiger partial charge in [0, 0.05) is 17.5 Å². The summed E-state index contributed by atoms with van der Waals surface area (Å²) in [6.07, 6.45) is 1.70. The Morgan fingerprint density at radius 2 is 2.09 bits per heavy atom. The molecule has 1 heterocycles. The molecular weight excluding hydrogens is 333 g/mol. The average molecular weight is 350 g/mol. The molecule has 23 heavy (non-hydrogen) atoms. The van der Waals surface area contributed by atoms with Crippen LogP contribution in [0.2, 0.25) is 10.0 Å². The van der Waals surface area contributed by atoms with Crippen LogP contribution in [0.1, 0.15) is 28.4 Å². The van der Waals surface area contributed by atoms with E-state index in [4.69, 9.17) is 27.9 Å². The first kappa shape index (κ1) is 16.2. The lowest BCUT2D eigenvalue weighted by Crippen LogP contribution is -2.34. The van der Waals surface area contributed by atoms with Gasteiger partial charge in [-0.15, -0.1) is 0 Å². The fourth-order valence-corrected chi connectivity index (χ4v) is 3.24. The third kappa shape index (κ3) is 3.80. The summed E-state index contributed by atoms with van der Waals surface area (Å²) < 4.78 is 5.51. The number of fused-ring (bicyclic) bond motifs is 1. The van der Waals surface area contributed by atoms with E-state index in [9.17, 15) is 4.79 Å². The number of amides is 1. The van der Waals surface area contributed by atoms with Crippen molar-refractivity contribution in [3.63, 3.8) is 0 Å². The highest BCUT2D eigenvalue weighted by Gasteiger charge is 2.16. The standard InChI is InChI=1S/C18H17Cl2NO2/c1-11(8-12-2-5-17-13(9-12)6-7-23-17)21-18(22)15-4-3-14(19)10-16(15)20/h2-5,9-11H,6-8H2,1H3,(H,21,22). The maximum atomic E-state index is 12.3. The lowest BCUT2D eigenvalue weighted by molar-refractivity contribution is 0.0940. The van der Waals surface area contributed by atoms with Crippen molar-refractivity contribution < 1.29 is 9.53 Å². The van der Waals surface area contributed by atoms with Crippen LogP contribution in [0, 0.1) is 0 Å². The molecule has 0 aromatic heterocycles. The van der Waals surface area contributed by atoms with E-state index in [1.165, 1.54) is 11.1 Å². The molecule has 2 aromatic carbocycles. The van der Waals surface area contributed by atoms with Crippen LogP contribution < -0.4 is 10.1 Å². The minimum atomic E-state index is -0.191. The largest absolute Gasteiger partial charge is 0.493 e. The topological polar surface area (TPSA) is 38.3 Å². The molecule has 2 aromatic rings.